The fraction of sp³-hybridized carbons (Fsp3) is 0.600. The van der Waals surface area contributed by atoms with Crippen molar-refractivity contribution in [1.29, 1.82) is 0 Å². The van der Waals surface area contributed by atoms with Gasteiger partial charge in [0, 0.05) is 37.4 Å². The summed E-state index contributed by atoms with van der Waals surface area (Å²) in [5, 5.41) is 13.4. The second-order valence-corrected chi connectivity index (χ2v) is 5.83. The Labute approximate surface area is 119 Å². The van der Waals surface area contributed by atoms with Crippen molar-refractivity contribution in [2.75, 3.05) is 13.2 Å². The van der Waals surface area contributed by atoms with E-state index < -0.39 is 5.60 Å². The van der Waals surface area contributed by atoms with Gasteiger partial charge in [-0.3, -0.25) is 9.78 Å². The number of aromatic nitrogens is 1. The monoisotopic (exact) mass is 278 g/mol. The van der Waals surface area contributed by atoms with E-state index in [0.29, 0.717) is 18.6 Å². The van der Waals surface area contributed by atoms with E-state index in [-0.39, 0.29) is 24.0 Å². The van der Waals surface area contributed by atoms with E-state index in [1.54, 1.807) is 18.3 Å². The number of hydrogen-bond donors (Lipinski definition) is 2. The lowest BCUT2D eigenvalue weighted by molar-refractivity contribution is -0.237. The Hall–Kier alpha value is -1.46. The SMILES string of the molecule is CCO[C@H]1C[C@](O)(CNC(=O)c2cccnc2)C1(C)C. The zero-order valence-corrected chi connectivity index (χ0v) is 12.2. The Balaban J connectivity index is 1.93. The molecule has 1 saturated carbocycles. The van der Waals surface area contributed by atoms with Crippen LogP contribution in [0.1, 0.15) is 37.6 Å². The van der Waals surface area contributed by atoms with Gasteiger partial charge in [-0.15, -0.1) is 0 Å². The summed E-state index contributed by atoms with van der Waals surface area (Å²) in [6.45, 7) is 6.72. The predicted octanol–water partition coefficient (Wildman–Crippen LogP) is 1.38. The van der Waals surface area contributed by atoms with Crippen LogP contribution in [-0.4, -0.2) is 40.9 Å². The molecule has 1 aliphatic carbocycles. The summed E-state index contributed by atoms with van der Waals surface area (Å²) in [5.41, 5.74) is -0.801. The second-order valence-electron chi connectivity index (χ2n) is 5.83. The van der Waals surface area contributed by atoms with Gasteiger partial charge in [0.1, 0.15) is 0 Å². The minimum Gasteiger partial charge on any atom is -0.387 e. The van der Waals surface area contributed by atoms with Gasteiger partial charge in [0.2, 0.25) is 0 Å². The molecule has 1 aliphatic rings. The highest BCUT2D eigenvalue weighted by Gasteiger charge is 2.59. The maximum absolute atomic E-state index is 12.0. The molecule has 2 rings (SSSR count). The van der Waals surface area contributed by atoms with Gasteiger partial charge in [0.15, 0.2) is 0 Å². The largest absolute Gasteiger partial charge is 0.387 e. The summed E-state index contributed by atoms with van der Waals surface area (Å²) in [6.07, 6.45) is 3.70. The maximum atomic E-state index is 12.0. The third kappa shape index (κ3) is 2.55. The van der Waals surface area contributed by atoms with Gasteiger partial charge in [-0.2, -0.15) is 0 Å². The van der Waals surface area contributed by atoms with Crippen molar-refractivity contribution in [3.05, 3.63) is 30.1 Å². The summed E-state index contributed by atoms with van der Waals surface area (Å²) in [5.74, 6) is -0.220. The molecule has 5 nitrogen and oxygen atoms in total. The normalized spacial score (nSPS) is 27.7. The molecule has 20 heavy (non-hydrogen) atoms. The van der Waals surface area contributed by atoms with Gasteiger partial charge < -0.3 is 15.2 Å². The van der Waals surface area contributed by atoms with E-state index in [1.807, 2.05) is 20.8 Å². The fourth-order valence-electron chi connectivity index (χ4n) is 2.59. The topological polar surface area (TPSA) is 71.5 Å². The third-order valence-electron chi connectivity index (χ3n) is 4.36. The molecule has 0 bridgehead atoms. The smallest absolute Gasteiger partial charge is 0.252 e. The van der Waals surface area contributed by atoms with Gasteiger partial charge in [-0.25, -0.2) is 0 Å². The van der Waals surface area contributed by atoms with Gasteiger partial charge in [0.05, 0.1) is 17.3 Å². The Kier molecular flexibility index (Phi) is 4.11. The molecule has 0 radical (unpaired) electrons. The number of amides is 1. The van der Waals surface area contributed by atoms with Crippen molar-refractivity contribution in [3.63, 3.8) is 0 Å². The maximum Gasteiger partial charge on any atom is 0.252 e. The fourth-order valence-corrected chi connectivity index (χ4v) is 2.59. The molecule has 110 valence electrons. The molecule has 2 atom stereocenters. The van der Waals surface area contributed by atoms with Crippen molar-refractivity contribution >= 4 is 5.91 Å². The highest BCUT2D eigenvalue weighted by atomic mass is 16.5. The lowest BCUT2D eigenvalue weighted by Gasteiger charge is -2.57. The average Bonchev–Trinajstić information content (AvgIpc) is 2.45. The summed E-state index contributed by atoms with van der Waals surface area (Å²) in [7, 11) is 0. The Morgan fingerprint density at radius 3 is 2.90 bits per heavy atom. The number of carbonyl (C=O) groups excluding carboxylic acids is 1. The minimum atomic E-state index is -0.926. The van der Waals surface area contributed by atoms with E-state index in [9.17, 15) is 9.90 Å². The number of carbonyl (C=O) groups is 1. The standard InChI is InChI=1S/C15H22N2O3/c1-4-20-12-8-15(19,14(12,2)3)10-17-13(18)11-6-5-7-16-9-11/h5-7,9,12,19H,4,8,10H2,1-3H3,(H,17,18)/t12-,15-/m0/s1. The van der Waals surface area contributed by atoms with Crippen LogP contribution in [-0.2, 0) is 4.74 Å². The van der Waals surface area contributed by atoms with Crippen molar-refractivity contribution in [2.24, 2.45) is 5.41 Å². The molecule has 1 aromatic rings. The Morgan fingerprint density at radius 2 is 2.35 bits per heavy atom. The number of rotatable bonds is 5. The molecule has 1 heterocycles. The number of pyridine rings is 1. The summed E-state index contributed by atoms with van der Waals surface area (Å²) in [6, 6.07) is 3.41. The van der Waals surface area contributed by atoms with Gasteiger partial charge >= 0.3 is 0 Å². The first-order valence-corrected chi connectivity index (χ1v) is 6.93. The molecule has 1 amide bonds. The third-order valence-corrected chi connectivity index (χ3v) is 4.36. The minimum absolute atomic E-state index is 0.0350. The van der Waals surface area contributed by atoms with Crippen LogP contribution in [0.3, 0.4) is 0 Å². The second kappa shape index (κ2) is 5.50. The average molecular weight is 278 g/mol. The number of aliphatic hydroxyl groups is 1. The molecule has 0 saturated heterocycles. The van der Waals surface area contributed by atoms with Crippen molar-refractivity contribution < 1.29 is 14.6 Å². The first-order chi connectivity index (χ1) is 9.40. The predicted molar refractivity (Wildman–Crippen MR) is 75.3 cm³/mol. The molecule has 1 fully saturated rings. The van der Waals surface area contributed by atoms with Crippen LogP contribution in [0.15, 0.2) is 24.5 Å². The molecular formula is C15H22N2O3. The molecule has 0 aliphatic heterocycles. The zero-order chi connectivity index (χ0) is 14.8. The number of ether oxygens (including phenoxy) is 1. The van der Waals surface area contributed by atoms with E-state index in [1.165, 1.54) is 6.20 Å². The highest BCUT2D eigenvalue weighted by molar-refractivity contribution is 5.93. The van der Waals surface area contributed by atoms with Gasteiger partial charge in [0.25, 0.3) is 5.91 Å². The number of hydrogen-bond acceptors (Lipinski definition) is 4. The molecule has 1 aromatic heterocycles. The Bertz CT molecular complexity index is 475. The van der Waals surface area contributed by atoms with E-state index in [0.717, 1.165) is 0 Å². The lowest BCUT2D eigenvalue weighted by Crippen LogP contribution is -2.68. The van der Waals surface area contributed by atoms with Crippen molar-refractivity contribution in [1.82, 2.24) is 10.3 Å². The molecular weight excluding hydrogens is 256 g/mol. The molecule has 5 heteroatoms. The zero-order valence-electron chi connectivity index (χ0n) is 12.2. The lowest BCUT2D eigenvalue weighted by atomic mass is 9.56. The quantitative estimate of drug-likeness (QED) is 0.853. The molecule has 0 spiro atoms. The highest BCUT2D eigenvalue weighted by Crippen LogP contribution is 2.50. The van der Waals surface area contributed by atoms with Crippen LogP contribution in [0, 0.1) is 5.41 Å². The first-order valence-electron chi connectivity index (χ1n) is 6.93. The summed E-state index contributed by atoms with van der Waals surface area (Å²) in [4.78, 5) is 15.9. The van der Waals surface area contributed by atoms with Crippen LogP contribution in [0.2, 0.25) is 0 Å². The van der Waals surface area contributed by atoms with Crippen LogP contribution in [0.4, 0.5) is 0 Å². The van der Waals surface area contributed by atoms with E-state index >= 15 is 0 Å². The molecule has 2 N–H and O–H groups in total. The number of nitrogens with one attached hydrogen (secondary N) is 1. The summed E-state index contributed by atoms with van der Waals surface area (Å²) < 4.78 is 5.60. The van der Waals surface area contributed by atoms with E-state index in [2.05, 4.69) is 10.3 Å². The van der Waals surface area contributed by atoms with E-state index in [4.69, 9.17) is 4.74 Å². The van der Waals surface area contributed by atoms with Crippen LogP contribution in [0.5, 0.6) is 0 Å². The van der Waals surface area contributed by atoms with Crippen LogP contribution < -0.4 is 5.32 Å². The van der Waals surface area contributed by atoms with Gasteiger partial charge in [-0.05, 0) is 19.1 Å². The molecule has 0 aromatic carbocycles. The van der Waals surface area contributed by atoms with Crippen LogP contribution >= 0.6 is 0 Å². The number of nitrogens with zero attached hydrogens (tertiary/aromatic N) is 1. The van der Waals surface area contributed by atoms with Crippen molar-refractivity contribution in [3.8, 4) is 0 Å². The van der Waals surface area contributed by atoms with Crippen molar-refractivity contribution in [2.45, 2.75) is 38.9 Å². The molecule has 0 unspecified atom stereocenters. The van der Waals surface area contributed by atoms with Gasteiger partial charge in [-0.1, -0.05) is 13.8 Å². The van der Waals surface area contributed by atoms with Crippen LogP contribution in [0.25, 0.3) is 0 Å². The summed E-state index contributed by atoms with van der Waals surface area (Å²) >= 11 is 0. The Morgan fingerprint density at radius 1 is 1.60 bits per heavy atom. The first kappa shape index (κ1) is 14.9.